The number of nitrogens with zero attached hydrogens (tertiary/aromatic N) is 3. The number of nitro groups is 1. The molecule has 0 N–H and O–H groups in total. The van der Waals surface area contributed by atoms with Crippen LogP contribution in [0.3, 0.4) is 0 Å². The number of hydrogen-bond acceptors (Lipinski definition) is 4. The molecule has 2 rings (SSSR count). The fourth-order valence-corrected chi connectivity index (χ4v) is 3.10. The highest BCUT2D eigenvalue weighted by molar-refractivity contribution is 7.86. The van der Waals surface area contributed by atoms with Gasteiger partial charge in [-0.3, -0.25) is 10.1 Å². The van der Waals surface area contributed by atoms with Crippen molar-refractivity contribution in [2.45, 2.75) is 6.54 Å². The van der Waals surface area contributed by atoms with E-state index < -0.39 is 15.1 Å². The summed E-state index contributed by atoms with van der Waals surface area (Å²) < 4.78 is 26.3. The minimum atomic E-state index is -3.36. The minimum Gasteiger partial charge on any atom is -0.258 e. The van der Waals surface area contributed by atoms with E-state index in [1.807, 2.05) is 0 Å². The van der Waals surface area contributed by atoms with Crippen molar-refractivity contribution in [3.8, 4) is 0 Å². The second kappa shape index (κ2) is 4.63. The third-order valence-corrected chi connectivity index (χ3v) is 4.83. The lowest BCUT2D eigenvalue weighted by Crippen LogP contribution is -2.30. The van der Waals surface area contributed by atoms with Crippen LogP contribution in [-0.2, 0) is 16.8 Å². The van der Waals surface area contributed by atoms with E-state index in [1.54, 1.807) is 12.1 Å². The van der Waals surface area contributed by atoms with Gasteiger partial charge in [0.15, 0.2) is 0 Å². The molecule has 1 aromatic carbocycles. The van der Waals surface area contributed by atoms with E-state index in [9.17, 15) is 18.5 Å². The van der Waals surface area contributed by atoms with Crippen molar-refractivity contribution in [3.63, 3.8) is 0 Å². The normalized spacial score (nSPS) is 20.1. The molecule has 1 saturated heterocycles. The van der Waals surface area contributed by atoms with Crippen LogP contribution in [-0.4, -0.2) is 42.1 Å². The van der Waals surface area contributed by atoms with Crippen molar-refractivity contribution in [3.05, 3.63) is 39.9 Å². The van der Waals surface area contributed by atoms with E-state index in [0.717, 1.165) is 5.56 Å². The highest BCUT2D eigenvalue weighted by atomic mass is 32.2. The van der Waals surface area contributed by atoms with Gasteiger partial charge in [-0.25, -0.2) is 0 Å². The maximum atomic E-state index is 11.8. The van der Waals surface area contributed by atoms with Gasteiger partial charge in [-0.05, 0) is 5.56 Å². The third-order valence-electron chi connectivity index (χ3n) is 2.89. The standard InChI is InChI=1S/C10H13N3O4S/c1-11-6-7-12(18(11,16)17)8-9-2-4-10(5-3-9)13(14)15/h2-5H,6-8H2,1H3. The molecule has 1 aliphatic rings. The molecule has 1 aliphatic heterocycles. The maximum Gasteiger partial charge on any atom is 0.282 e. The van der Waals surface area contributed by atoms with Crippen molar-refractivity contribution in [1.82, 2.24) is 8.61 Å². The van der Waals surface area contributed by atoms with Crippen LogP contribution in [0.2, 0.25) is 0 Å². The molecule has 0 amide bonds. The highest BCUT2D eigenvalue weighted by Gasteiger charge is 2.33. The zero-order valence-corrected chi connectivity index (χ0v) is 10.6. The van der Waals surface area contributed by atoms with Crippen LogP contribution >= 0.6 is 0 Å². The van der Waals surface area contributed by atoms with Gasteiger partial charge in [0.2, 0.25) is 0 Å². The van der Waals surface area contributed by atoms with E-state index in [1.165, 1.54) is 27.8 Å². The van der Waals surface area contributed by atoms with Crippen LogP contribution in [0, 0.1) is 10.1 Å². The van der Waals surface area contributed by atoms with Gasteiger partial charge in [0.1, 0.15) is 0 Å². The molecule has 98 valence electrons. The summed E-state index contributed by atoms with van der Waals surface area (Å²) >= 11 is 0. The zero-order chi connectivity index (χ0) is 13.3. The monoisotopic (exact) mass is 271 g/mol. The summed E-state index contributed by atoms with van der Waals surface area (Å²) in [4.78, 5) is 10.0. The molecule has 0 bridgehead atoms. The average molecular weight is 271 g/mol. The molecule has 0 aliphatic carbocycles. The number of likely N-dealkylation sites (N-methyl/N-ethyl adjacent to an activating group) is 1. The number of hydrogen-bond donors (Lipinski definition) is 0. The summed E-state index contributed by atoms with van der Waals surface area (Å²) in [6.45, 7) is 1.15. The first-order valence-corrected chi connectivity index (χ1v) is 6.76. The van der Waals surface area contributed by atoms with Gasteiger partial charge in [0.05, 0.1) is 4.92 Å². The number of non-ortho nitro benzene ring substituents is 1. The molecule has 0 spiro atoms. The van der Waals surface area contributed by atoms with Crippen LogP contribution in [0.5, 0.6) is 0 Å². The minimum absolute atomic E-state index is 0.000136. The molecule has 7 nitrogen and oxygen atoms in total. The molecule has 18 heavy (non-hydrogen) atoms. The lowest BCUT2D eigenvalue weighted by Gasteiger charge is -2.15. The average Bonchev–Trinajstić information content (AvgIpc) is 2.57. The quantitative estimate of drug-likeness (QED) is 0.595. The van der Waals surface area contributed by atoms with Crippen molar-refractivity contribution < 1.29 is 13.3 Å². The van der Waals surface area contributed by atoms with Crippen LogP contribution < -0.4 is 0 Å². The Kier molecular flexibility index (Phi) is 3.33. The molecule has 1 aromatic rings. The summed E-state index contributed by atoms with van der Waals surface area (Å²) in [6, 6.07) is 5.90. The van der Waals surface area contributed by atoms with Gasteiger partial charge >= 0.3 is 0 Å². The maximum absolute atomic E-state index is 11.8. The van der Waals surface area contributed by atoms with Gasteiger partial charge in [0, 0.05) is 38.8 Å². The number of nitro benzene ring substituents is 1. The first-order chi connectivity index (χ1) is 8.41. The van der Waals surface area contributed by atoms with E-state index in [-0.39, 0.29) is 12.2 Å². The molecule has 8 heteroatoms. The van der Waals surface area contributed by atoms with Gasteiger partial charge in [0.25, 0.3) is 15.9 Å². The van der Waals surface area contributed by atoms with Crippen LogP contribution in [0.25, 0.3) is 0 Å². The molecule has 0 radical (unpaired) electrons. The molecule has 1 fully saturated rings. The first kappa shape index (κ1) is 12.9. The van der Waals surface area contributed by atoms with Gasteiger partial charge in [-0.15, -0.1) is 0 Å². The zero-order valence-electron chi connectivity index (χ0n) is 9.81. The Morgan fingerprint density at radius 3 is 2.33 bits per heavy atom. The van der Waals surface area contributed by atoms with Crippen LogP contribution in [0.4, 0.5) is 5.69 Å². The number of benzene rings is 1. The Morgan fingerprint density at radius 2 is 1.89 bits per heavy atom. The topological polar surface area (TPSA) is 83.8 Å². The lowest BCUT2D eigenvalue weighted by atomic mass is 10.2. The Bertz CT molecular complexity index is 555. The molecule has 0 saturated carbocycles. The van der Waals surface area contributed by atoms with Crippen molar-refractivity contribution >= 4 is 15.9 Å². The van der Waals surface area contributed by atoms with Gasteiger partial charge < -0.3 is 0 Å². The Labute approximate surface area is 105 Å². The molecule has 0 atom stereocenters. The highest BCUT2D eigenvalue weighted by Crippen LogP contribution is 2.19. The summed E-state index contributed by atoms with van der Waals surface area (Å²) in [5.74, 6) is 0. The molecular weight excluding hydrogens is 258 g/mol. The molecule has 1 heterocycles. The lowest BCUT2D eigenvalue weighted by molar-refractivity contribution is -0.384. The summed E-state index contributed by atoms with van der Waals surface area (Å²) in [5, 5.41) is 10.5. The second-order valence-electron chi connectivity index (χ2n) is 4.09. The Balaban J connectivity index is 2.13. The van der Waals surface area contributed by atoms with Crippen molar-refractivity contribution in [2.24, 2.45) is 0 Å². The smallest absolute Gasteiger partial charge is 0.258 e. The predicted molar refractivity (Wildman–Crippen MR) is 65.1 cm³/mol. The predicted octanol–water partition coefficient (Wildman–Crippen LogP) is 0.587. The SMILES string of the molecule is CN1CCN(Cc2ccc([N+](=O)[O-])cc2)S1(=O)=O. The van der Waals surface area contributed by atoms with Crippen LogP contribution in [0.1, 0.15) is 5.56 Å². The Morgan fingerprint density at radius 1 is 1.28 bits per heavy atom. The van der Waals surface area contributed by atoms with E-state index in [2.05, 4.69) is 0 Å². The second-order valence-corrected chi connectivity index (χ2v) is 6.12. The number of rotatable bonds is 3. The van der Waals surface area contributed by atoms with Gasteiger partial charge in [-0.1, -0.05) is 12.1 Å². The van der Waals surface area contributed by atoms with Crippen LogP contribution in [0.15, 0.2) is 24.3 Å². The summed E-state index contributed by atoms with van der Waals surface area (Å²) in [7, 11) is -1.82. The van der Waals surface area contributed by atoms with E-state index in [0.29, 0.717) is 13.1 Å². The van der Waals surface area contributed by atoms with E-state index in [4.69, 9.17) is 0 Å². The Hall–Kier alpha value is -1.51. The molecule has 0 aromatic heterocycles. The van der Waals surface area contributed by atoms with E-state index >= 15 is 0 Å². The van der Waals surface area contributed by atoms with Crippen molar-refractivity contribution in [1.29, 1.82) is 0 Å². The fraction of sp³-hybridized carbons (Fsp3) is 0.400. The summed E-state index contributed by atoms with van der Waals surface area (Å²) in [6.07, 6.45) is 0. The third kappa shape index (κ3) is 2.35. The van der Waals surface area contributed by atoms with Gasteiger partial charge in [-0.2, -0.15) is 17.0 Å². The van der Waals surface area contributed by atoms with Crippen molar-refractivity contribution in [2.75, 3.05) is 20.1 Å². The summed E-state index contributed by atoms with van der Waals surface area (Å²) in [5.41, 5.74) is 0.736. The molecular formula is C10H13N3O4S. The first-order valence-electron chi connectivity index (χ1n) is 5.36. The largest absolute Gasteiger partial charge is 0.282 e. The fourth-order valence-electron chi connectivity index (χ4n) is 1.77. The molecule has 0 unspecified atom stereocenters.